The Morgan fingerprint density at radius 1 is 1.40 bits per heavy atom. The molecular formula is C14H18F2N2O2. The smallest absolute Gasteiger partial charge is 0.259 e. The standard InChI is InChI=1S/C14H18F2N2O2/c1-20-8-9-4-6-18(7-5-9)14(19)12-10(15)2-3-11(17)13(12)16/h2-3,9H,4-8,17H2,1H3. The third-order valence-corrected chi connectivity index (χ3v) is 3.64. The van der Waals surface area contributed by atoms with E-state index in [-0.39, 0.29) is 5.69 Å². The van der Waals surface area contributed by atoms with Gasteiger partial charge >= 0.3 is 0 Å². The van der Waals surface area contributed by atoms with Gasteiger partial charge in [-0.05, 0) is 30.9 Å². The van der Waals surface area contributed by atoms with E-state index in [0.717, 1.165) is 25.0 Å². The Morgan fingerprint density at radius 3 is 2.65 bits per heavy atom. The summed E-state index contributed by atoms with van der Waals surface area (Å²) in [4.78, 5) is 13.7. The number of benzene rings is 1. The van der Waals surface area contributed by atoms with Crippen molar-refractivity contribution >= 4 is 11.6 Å². The third-order valence-electron chi connectivity index (χ3n) is 3.64. The fourth-order valence-corrected chi connectivity index (χ4v) is 2.46. The van der Waals surface area contributed by atoms with Crippen molar-refractivity contribution < 1.29 is 18.3 Å². The minimum atomic E-state index is -0.978. The molecule has 0 spiro atoms. The number of carbonyl (C=O) groups excluding carboxylic acids is 1. The van der Waals surface area contributed by atoms with E-state index in [4.69, 9.17) is 10.5 Å². The number of amides is 1. The van der Waals surface area contributed by atoms with Gasteiger partial charge < -0.3 is 15.4 Å². The van der Waals surface area contributed by atoms with Gasteiger partial charge in [-0.2, -0.15) is 0 Å². The number of nitrogen functional groups attached to an aromatic ring is 1. The maximum atomic E-state index is 13.8. The van der Waals surface area contributed by atoms with Crippen LogP contribution < -0.4 is 5.73 Å². The van der Waals surface area contributed by atoms with Crippen LogP contribution in [-0.4, -0.2) is 37.6 Å². The van der Waals surface area contributed by atoms with E-state index in [9.17, 15) is 13.6 Å². The highest BCUT2D eigenvalue weighted by Gasteiger charge is 2.28. The van der Waals surface area contributed by atoms with Crippen LogP contribution in [0.4, 0.5) is 14.5 Å². The Labute approximate surface area is 116 Å². The van der Waals surface area contributed by atoms with Crippen molar-refractivity contribution in [3.63, 3.8) is 0 Å². The maximum absolute atomic E-state index is 13.8. The van der Waals surface area contributed by atoms with Crippen molar-refractivity contribution in [2.24, 2.45) is 5.92 Å². The Hall–Kier alpha value is -1.69. The first-order chi connectivity index (χ1) is 9.54. The van der Waals surface area contributed by atoms with E-state index in [1.165, 1.54) is 4.90 Å². The lowest BCUT2D eigenvalue weighted by Crippen LogP contribution is -2.40. The van der Waals surface area contributed by atoms with E-state index >= 15 is 0 Å². The number of rotatable bonds is 3. The molecule has 0 aromatic heterocycles. The van der Waals surface area contributed by atoms with Crippen LogP contribution in [0.5, 0.6) is 0 Å². The topological polar surface area (TPSA) is 55.6 Å². The number of hydrogen-bond donors (Lipinski definition) is 1. The van der Waals surface area contributed by atoms with Gasteiger partial charge in [-0.3, -0.25) is 4.79 Å². The molecule has 4 nitrogen and oxygen atoms in total. The summed E-state index contributed by atoms with van der Waals surface area (Å²) < 4.78 is 32.6. The van der Waals surface area contributed by atoms with Crippen LogP contribution in [0, 0.1) is 17.6 Å². The fourth-order valence-electron chi connectivity index (χ4n) is 2.46. The number of nitrogens with two attached hydrogens (primary N) is 1. The van der Waals surface area contributed by atoms with Gasteiger partial charge in [-0.25, -0.2) is 8.78 Å². The molecule has 0 radical (unpaired) electrons. The van der Waals surface area contributed by atoms with Gasteiger partial charge in [0.2, 0.25) is 0 Å². The SMILES string of the molecule is COCC1CCN(C(=O)c2c(F)ccc(N)c2F)CC1. The molecule has 1 aromatic rings. The van der Waals surface area contributed by atoms with Crippen LogP contribution >= 0.6 is 0 Å². The number of likely N-dealkylation sites (tertiary alicyclic amines) is 1. The summed E-state index contributed by atoms with van der Waals surface area (Å²) in [5.74, 6) is -2.10. The Kier molecular flexibility index (Phi) is 4.54. The van der Waals surface area contributed by atoms with Crippen molar-refractivity contribution in [2.45, 2.75) is 12.8 Å². The monoisotopic (exact) mass is 284 g/mol. The first-order valence-electron chi connectivity index (χ1n) is 6.56. The van der Waals surface area contributed by atoms with Gasteiger partial charge in [-0.1, -0.05) is 0 Å². The summed E-state index contributed by atoms with van der Waals surface area (Å²) in [6.45, 7) is 1.59. The van der Waals surface area contributed by atoms with Crippen LogP contribution in [0.3, 0.4) is 0 Å². The van der Waals surface area contributed by atoms with Crippen molar-refractivity contribution in [3.8, 4) is 0 Å². The zero-order valence-electron chi connectivity index (χ0n) is 11.4. The molecule has 110 valence electrons. The van der Waals surface area contributed by atoms with Crippen molar-refractivity contribution in [3.05, 3.63) is 29.3 Å². The van der Waals surface area contributed by atoms with Gasteiger partial charge in [-0.15, -0.1) is 0 Å². The number of halogens is 2. The average molecular weight is 284 g/mol. The van der Waals surface area contributed by atoms with Crippen molar-refractivity contribution in [2.75, 3.05) is 32.5 Å². The minimum absolute atomic E-state index is 0.219. The van der Waals surface area contributed by atoms with Crippen LogP contribution in [-0.2, 0) is 4.74 Å². The molecule has 1 aliphatic rings. The first-order valence-corrected chi connectivity index (χ1v) is 6.56. The quantitative estimate of drug-likeness (QED) is 0.864. The minimum Gasteiger partial charge on any atom is -0.396 e. The largest absolute Gasteiger partial charge is 0.396 e. The average Bonchev–Trinajstić information content (AvgIpc) is 2.44. The Morgan fingerprint density at radius 2 is 2.05 bits per heavy atom. The predicted molar refractivity (Wildman–Crippen MR) is 71.3 cm³/mol. The normalized spacial score (nSPS) is 16.4. The molecule has 1 aromatic carbocycles. The number of hydrogen-bond acceptors (Lipinski definition) is 3. The molecule has 2 N–H and O–H groups in total. The van der Waals surface area contributed by atoms with Crippen LogP contribution in [0.25, 0.3) is 0 Å². The molecule has 0 unspecified atom stereocenters. The molecule has 2 rings (SSSR count). The van der Waals surface area contributed by atoms with Gasteiger partial charge in [0.1, 0.15) is 11.4 Å². The lowest BCUT2D eigenvalue weighted by molar-refractivity contribution is 0.0605. The number of anilines is 1. The zero-order valence-corrected chi connectivity index (χ0v) is 11.4. The second-order valence-corrected chi connectivity index (χ2v) is 5.02. The number of carbonyl (C=O) groups is 1. The second kappa shape index (κ2) is 6.17. The summed E-state index contributed by atoms with van der Waals surface area (Å²) in [5.41, 5.74) is 4.61. The molecule has 0 atom stereocenters. The summed E-state index contributed by atoms with van der Waals surface area (Å²) in [7, 11) is 1.63. The zero-order chi connectivity index (χ0) is 14.7. The Bertz CT molecular complexity index is 500. The summed E-state index contributed by atoms with van der Waals surface area (Å²) >= 11 is 0. The summed E-state index contributed by atoms with van der Waals surface area (Å²) in [6.07, 6.45) is 1.54. The van der Waals surface area contributed by atoms with Gasteiger partial charge in [0.15, 0.2) is 5.82 Å². The van der Waals surface area contributed by atoms with E-state index in [2.05, 4.69) is 0 Å². The highest BCUT2D eigenvalue weighted by Crippen LogP contribution is 2.23. The Balaban J connectivity index is 2.12. The molecule has 6 heteroatoms. The molecule has 1 heterocycles. The van der Waals surface area contributed by atoms with E-state index in [1.807, 2.05) is 0 Å². The third kappa shape index (κ3) is 2.90. The van der Waals surface area contributed by atoms with Crippen LogP contribution in [0.15, 0.2) is 12.1 Å². The van der Waals surface area contributed by atoms with Gasteiger partial charge in [0, 0.05) is 26.8 Å². The maximum Gasteiger partial charge on any atom is 0.259 e. The molecule has 0 saturated carbocycles. The van der Waals surface area contributed by atoms with Crippen LogP contribution in [0.2, 0.25) is 0 Å². The highest BCUT2D eigenvalue weighted by molar-refractivity contribution is 5.95. The summed E-state index contributed by atoms with van der Waals surface area (Å²) in [6, 6.07) is 2.13. The van der Waals surface area contributed by atoms with Crippen molar-refractivity contribution in [1.82, 2.24) is 4.90 Å². The molecule has 1 amide bonds. The lowest BCUT2D eigenvalue weighted by atomic mass is 9.97. The predicted octanol–water partition coefficient (Wildman–Crippen LogP) is 2.05. The lowest BCUT2D eigenvalue weighted by Gasteiger charge is -2.31. The van der Waals surface area contributed by atoms with E-state index in [1.54, 1.807) is 7.11 Å². The number of ether oxygens (including phenoxy) is 1. The van der Waals surface area contributed by atoms with E-state index < -0.39 is 23.1 Å². The molecular weight excluding hydrogens is 266 g/mol. The molecule has 1 aliphatic heterocycles. The molecule has 1 fully saturated rings. The van der Waals surface area contributed by atoms with Gasteiger partial charge in [0.25, 0.3) is 5.91 Å². The first kappa shape index (κ1) is 14.7. The van der Waals surface area contributed by atoms with Crippen molar-refractivity contribution in [1.29, 1.82) is 0 Å². The summed E-state index contributed by atoms with van der Waals surface area (Å²) in [5, 5.41) is 0. The van der Waals surface area contributed by atoms with E-state index in [0.29, 0.717) is 25.6 Å². The molecule has 20 heavy (non-hydrogen) atoms. The molecule has 1 saturated heterocycles. The van der Waals surface area contributed by atoms with Gasteiger partial charge in [0.05, 0.1) is 5.69 Å². The van der Waals surface area contributed by atoms with Crippen LogP contribution in [0.1, 0.15) is 23.2 Å². The fraction of sp³-hybridized carbons (Fsp3) is 0.500. The molecule has 0 aliphatic carbocycles. The highest BCUT2D eigenvalue weighted by atomic mass is 19.1. The number of nitrogens with zero attached hydrogens (tertiary/aromatic N) is 1. The molecule has 0 bridgehead atoms. The number of piperidine rings is 1. The second-order valence-electron chi connectivity index (χ2n) is 5.02. The number of methoxy groups -OCH3 is 1.